The standard InChI is InChI=1S/C41H28N2O/c1-3-9-29(10-4-1)31-15-21-34(22-16-31)43(35-23-17-32(18-24-35)30-11-5-2-6-12-30)36-25-19-33(20-26-36)39-28-27-38-37-13-7-8-14-40(37)44-41(38)42-39/h1-28H. The second-order valence-electron chi connectivity index (χ2n) is 10.9. The molecule has 2 heterocycles. The first kappa shape index (κ1) is 25.8. The molecule has 0 aliphatic carbocycles. The van der Waals surface area contributed by atoms with Crippen LogP contribution in [0.1, 0.15) is 0 Å². The van der Waals surface area contributed by atoms with Crippen LogP contribution in [0.15, 0.2) is 174 Å². The number of benzene rings is 6. The van der Waals surface area contributed by atoms with Crippen LogP contribution in [0.2, 0.25) is 0 Å². The van der Waals surface area contributed by atoms with E-state index in [1.165, 1.54) is 22.3 Å². The molecule has 2 aromatic heterocycles. The first-order valence-electron chi connectivity index (χ1n) is 14.8. The van der Waals surface area contributed by atoms with Crippen molar-refractivity contribution in [1.82, 2.24) is 4.98 Å². The molecule has 0 bridgehead atoms. The molecule has 6 aromatic carbocycles. The quantitative estimate of drug-likeness (QED) is 0.201. The molecule has 0 radical (unpaired) electrons. The van der Waals surface area contributed by atoms with E-state index in [4.69, 9.17) is 9.40 Å². The Morgan fingerprint density at radius 2 is 0.818 bits per heavy atom. The van der Waals surface area contributed by atoms with E-state index >= 15 is 0 Å². The Morgan fingerprint density at radius 1 is 0.364 bits per heavy atom. The van der Waals surface area contributed by atoms with Crippen LogP contribution in [0.4, 0.5) is 17.1 Å². The van der Waals surface area contributed by atoms with Crippen LogP contribution in [0.5, 0.6) is 0 Å². The van der Waals surface area contributed by atoms with E-state index in [0.717, 1.165) is 44.7 Å². The molecule has 0 N–H and O–H groups in total. The Balaban J connectivity index is 1.16. The third-order valence-electron chi connectivity index (χ3n) is 8.13. The van der Waals surface area contributed by atoms with Gasteiger partial charge in [0.25, 0.3) is 0 Å². The van der Waals surface area contributed by atoms with Gasteiger partial charge in [0, 0.05) is 33.4 Å². The van der Waals surface area contributed by atoms with Gasteiger partial charge in [0.15, 0.2) is 0 Å². The molecule has 44 heavy (non-hydrogen) atoms. The topological polar surface area (TPSA) is 29.3 Å². The van der Waals surface area contributed by atoms with E-state index < -0.39 is 0 Å². The lowest BCUT2D eigenvalue weighted by Gasteiger charge is -2.26. The normalized spacial score (nSPS) is 11.2. The summed E-state index contributed by atoms with van der Waals surface area (Å²) in [6.07, 6.45) is 0. The summed E-state index contributed by atoms with van der Waals surface area (Å²) in [6.45, 7) is 0. The Kier molecular flexibility index (Phi) is 6.47. The molecule has 208 valence electrons. The Hall–Kier alpha value is -5.93. The summed E-state index contributed by atoms with van der Waals surface area (Å²) in [7, 11) is 0. The third-order valence-corrected chi connectivity index (χ3v) is 8.13. The predicted octanol–water partition coefficient (Wildman–Crippen LogP) is 11.5. The fourth-order valence-corrected chi connectivity index (χ4v) is 5.86. The number of hydrogen-bond donors (Lipinski definition) is 0. The van der Waals surface area contributed by atoms with Crippen molar-refractivity contribution in [2.75, 3.05) is 4.90 Å². The molecular weight excluding hydrogens is 536 g/mol. The predicted molar refractivity (Wildman–Crippen MR) is 183 cm³/mol. The maximum absolute atomic E-state index is 6.06. The molecular formula is C41H28N2O. The molecule has 0 saturated carbocycles. The first-order valence-corrected chi connectivity index (χ1v) is 14.8. The average Bonchev–Trinajstić information content (AvgIpc) is 3.48. The van der Waals surface area contributed by atoms with Gasteiger partial charge < -0.3 is 9.32 Å². The fourth-order valence-electron chi connectivity index (χ4n) is 5.86. The SMILES string of the molecule is c1ccc(-c2ccc(N(c3ccc(-c4ccccc4)cc3)c3ccc(-c4ccc5c(n4)oc4ccccc45)cc3)cc2)cc1. The van der Waals surface area contributed by atoms with Crippen LogP contribution in [-0.2, 0) is 0 Å². The molecule has 8 rings (SSSR count). The smallest absolute Gasteiger partial charge is 0.227 e. The van der Waals surface area contributed by atoms with Gasteiger partial charge >= 0.3 is 0 Å². The number of pyridine rings is 1. The van der Waals surface area contributed by atoms with Crippen molar-refractivity contribution in [3.8, 4) is 33.5 Å². The van der Waals surface area contributed by atoms with Crippen molar-refractivity contribution in [1.29, 1.82) is 0 Å². The third kappa shape index (κ3) is 4.81. The van der Waals surface area contributed by atoms with Crippen molar-refractivity contribution >= 4 is 39.1 Å². The van der Waals surface area contributed by atoms with E-state index in [9.17, 15) is 0 Å². The zero-order valence-electron chi connectivity index (χ0n) is 24.0. The second kappa shape index (κ2) is 11.0. The Labute approximate surface area is 256 Å². The molecule has 0 aliphatic heterocycles. The largest absolute Gasteiger partial charge is 0.438 e. The number of anilines is 3. The summed E-state index contributed by atoms with van der Waals surface area (Å²) in [6, 6.07) is 59.4. The van der Waals surface area contributed by atoms with Crippen LogP contribution < -0.4 is 4.90 Å². The molecule has 8 aromatic rings. The van der Waals surface area contributed by atoms with Crippen LogP contribution in [-0.4, -0.2) is 4.98 Å². The Bertz CT molecular complexity index is 2100. The van der Waals surface area contributed by atoms with E-state index in [-0.39, 0.29) is 0 Å². The van der Waals surface area contributed by atoms with Crippen molar-refractivity contribution in [3.05, 3.63) is 170 Å². The van der Waals surface area contributed by atoms with Crippen molar-refractivity contribution in [2.24, 2.45) is 0 Å². The molecule has 0 atom stereocenters. The van der Waals surface area contributed by atoms with Crippen LogP contribution >= 0.6 is 0 Å². The molecule has 0 unspecified atom stereocenters. The highest BCUT2D eigenvalue weighted by molar-refractivity contribution is 6.04. The van der Waals surface area contributed by atoms with Crippen LogP contribution in [0.25, 0.3) is 55.6 Å². The van der Waals surface area contributed by atoms with Gasteiger partial charge in [0.05, 0.1) is 5.69 Å². The fraction of sp³-hybridized carbons (Fsp3) is 0. The van der Waals surface area contributed by atoms with E-state index in [2.05, 4.69) is 144 Å². The molecule has 0 fully saturated rings. The second-order valence-corrected chi connectivity index (χ2v) is 10.9. The highest BCUT2D eigenvalue weighted by atomic mass is 16.3. The minimum Gasteiger partial charge on any atom is -0.438 e. The lowest BCUT2D eigenvalue weighted by Crippen LogP contribution is -2.09. The summed E-state index contributed by atoms with van der Waals surface area (Å²) in [5.41, 5.74) is 11.5. The van der Waals surface area contributed by atoms with Gasteiger partial charge in [0.2, 0.25) is 5.71 Å². The molecule has 3 heteroatoms. The number of fused-ring (bicyclic) bond motifs is 3. The number of nitrogens with zero attached hydrogens (tertiary/aromatic N) is 2. The Morgan fingerprint density at radius 3 is 1.36 bits per heavy atom. The van der Waals surface area contributed by atoms with Gasteiger partial charge in [-0.2, -0.15) is 0 Å². The molecule has 0 amide bonds. The maximum atomic E-state index is 6.06. The average molecular weight is 565 g/mol. The van der Waals surface area contributed by atoms with Gasteiger partial charge in [-0.25, -0.2) is 4.98 Å². The summed E-state index contributed by atoms with van der Waals surface area (Å²) >= 11 is 0. The number of aromatic nitrogens is 1. The lowest BCUT2D eigenvalue weighted by molar-refractivity contribution is 0.654. The van der Waals surface area contributed by atoms with Crippen molar-refractivity contribution in [2.45, 2.75) is 0 Å². The van der Waals surface area contributed by atoms with Crippen molar-refractivity contribution in [3.63, 3.8) is 0 Å². The highest BCUT2D eigenvalue weighted by Crippen LogP contribution is 2.38. The molecule has 0 spiro atoms. The summed E-state index contributed by atoms with van der Waals surface area (Å²) < 4.78 is 6.06. The van der Waals surface area contributed by atoms with Gasteiger partial charge in [-0.15, -0.1) is 0 Å². The van der Waals surface area contributed by atoms with Gasteiger partial charge in [-0.1, -0.05) is 115 Å². The lowest BCUT2D eigenvalue weighted by atomic mass is 10.0. The van der Waals surface area contributed by atoms with Gasteiger partial charge in [-0.05, 0) is 76.9 Å². The number of rotatable bonds is 6. The van der Waals surface area contributed by atoms with E-state index in [1.807, 2.05) is 30.3 Å². The summed E-state index contributed by atoms with van der Waals surface area (Å²) in [5.74, 6) is 0. The minimum atomic E-state index is 0.659. The molecule has 0 aliphatic rings. The van der Waals surface area contributed by atoms with Gasteiger partial charge in [0.1, 0.15) is 5.58 Å². The zero-order valence-corrected chi connectivity index (χ0v) is 24.0. The molecule has 0 saturated heterocycles. The highest BCUT2D eigenvalue weighted by Gasteiger charge is 2.15. The monoisotopic (exact) mass is 564 g/mol. The summed E-state index contributed by atoms with van der Waals surface area (Å²) in [4.78, 5) is 7.17. The number of para-hydroxylation sites is 1. The van der Waals surface area contributed by atoms with E-state index in [0.29, 0.717) is 5.71 Å². The zero-order chi connectivity index (χ0) is 29.3. The maximum Gasteiger partial charge on any atom is 0.227 e. The van der Waals surface area contributed by atoms with Crippen LogP contribution in [0.3, 0.4) is 0 Å². The van der Waals surface area contributed by atoms with E-state index in [1.54, 1.807) is 0 Å². The van der Waals surface area contributed by atoms with Crippen LogP contribution in [0, 0.1) is 0 Å². The van der Waals surface area contributed by atoms with Gasteiger partial charge in [-0.3, -0.25) is 0 Å². The van der Waals surface area contributed by atoms with Crippen molar-refractivity contribution < 1.29 is 4.42 Å². The number of furan rings is 1. The molecule has 3 nitrogen and oxygen atoms in total. The number of hydrogen-bond acceptors (Lipinski definition) is 3. The summed E-state index contributed by atoms with van der Waals surface area (Å²) in [5, 5.41) is 2.12. The minimum absolute atomic E-state index is 0.659. The first-order chi connectivity index (χ1) is 21.8.